The number of carboxylic acids is 1. The van der Waals surface area contributed by atoms with Crippen molar-refractivity contribution in [3.63, 3.8) is 0 Å². The molecule has 0 aliphatic rings. The number of carbonyl (C=O) groups is 2. The summed E-state index contributed by atoms with van der Waals surface area (Å²) in [6.07, 6.45) is 0.773. The van der Waals surface area contributed by atoms with E-state index in [4.69, 9.17) is 5.11 Å². The molecule has 0 aliphatic heterocycles. The van der Waals surface area contributed by atoms with Gasteiger partial charge in [-0.05, 0) is 23.8 Å². The summed E-state index contributed by atoms with van der Waals surface area (Å²) in [6, 6.07) is 10.4. The van der Waals surface area contributed by atoms with Crippen LogP contribution in [0.1, 0.15) is 20.0 Å². The lowest BCUT2D eigenvalue weighted by Crippen LogP contribution is -1.89. The molecule has 4 heteroatoms. The molecule has 3 nitrogen and oxygen atoms in total. The van der Waals surface area contributed by atoms with Crippen LogP contribution in [-0.2, 0) is 0 Å². The largest absolute Gasteiger partial charge is 0.477 e. The standard InChI is InChI=1S/C12H8O3S/c13-7-8-2-1-3-9(6-8)10-4-5-11(16-10)12(14)15/h1-7H,(H,14,15). The summed E-state index contributed by atoms with van der Waals surface area (Å²) in [5.41, 5.74) is 1.45. The molecule has 0 aliphatic carbocycles. The van der Waals surface area contributed by atoms with Gasteiger partial charge < -0.3 is 5.11 Å². The number of rotatable bonds is 3. The molecule has 0 fully saturated rings. The van der Waals surface area contributed by atoms with Crippen LogP contribution < -0.4 is 0 Å². The summed E-state index contributed by atoms with van der Waals surface area (Å²) in [6.45, 7) is 0. The molecular weight excluding hydrogens is 224 g/mol. The zero-order valence-electron chi connectivity index (χ0n) is 8.21. The highest BCUT2D eigenvalue weighted by atomic mass is 32.1. The number of aldehydes is 1. The minimum Gasteiger partial charge on any atom is -0.477 e. The minimum atomic E-state index is -0.928. The number of benzene rings is 1. The molecule has 0 amide bonds. The van der Waals surface area contributed by atoms with E-state index in [1.54, 1.807) is 30.3 Å². The molecule has 0 spiro atoms. The maximum Gasteiger partial charge on any atom is 0.345 e. The first kappa shape index (κ1) is 10.6. The molecule has 2 rings (SSSR count). The van der Waals surface area contributed by atoms with E-state index >= 15 is 0 Å². The second kappa shape index (κ2) is 4.28. The fourth-order valence-corrected chi connectivity index (χ4v) is 2.21. The van der Waals surface area contributed by atoms with Crippen molar-refractivity contribution in [1.29, 1.82) is 0 Å². The summed E-state index contributed by atoms with van der Waals surface area (Å²) in [5.74, 6) is -0.928. The second-order valence-corrected chi connectivity index (χ2v) is 4.30. The molecule has 16 heavy (non-hydrogen) atoms. The van der Waals surface area contributed by atoms with E-state index in [1.165, 1.54) is 11.3 Å². The van der Waals surface area contributed by atoms with Gasteiger partial charge in [0.1, 0.15) is 11.2 Å². The van der Waals surface area contributed by atoms with Gasteiger partial charge in [0, 0.05) is 10.4 Å². The van der Waals surface area contributed by atoms with E-state index in [9.17, 15) is 9.59 Å². The Morgan fingerprint density at radius 1 is 1.25 bits per heavy atom. The van der Waals surface area contributed by atoms with Gasteiger partial charge in [0.15, 0.2) is 0 Å². The van der Waals surface area contributed by atoms with Gasteiger partial charge in [-0.1, -0.05) is 18.2 Å². The average molecular weight is 232 g/mol. The van der Waals surface area contributed by atoms with Crippen molar-refractivity contribution in [3.05, 3.63) is 46.8 Å². The molecule has 2 aromatic rings. The third kappa shape index (κ3) is 2.01. The highest BCUT2D eigenvalue weighted by Crippen LogP contribution is 2.28. The van der Waals surface area contributed by atoms with Gasteiger partial charge in [0.25, 0.3) is 0 Å². The van der Waals surface area contributed by atoms with Gasteiger partial charge in [-0.2, -0.15) is 0 Å². The van der Waals surface area contributed by atoms with Gasteiger partial charge >= 0.3 is 5.97 Å². The number of carboxylic acid groups (broad SMARTS) is 1. The Morgan fingerprint density at radius 3 is 2.69 bits per heavy atom. The first-order valence-electron chi connectivity index (χ1n) is 4.59. The zero-order chi connectivity index (χ0) is 11.5. The molecule has 0 saturated heterocycles. The first-order valence-corrected chi connectivity index (χ1v) is 5.41. The predicted octanol–water partition coefficient (Wildman–Crippen LogP) is 2.93. The van der Waals surface area contributed by atoms with Crippen LogP contribution in [0.25, 0.3) is 10.4 Å². The van der Waals surface area contributed by atoms with Crippen molar-refractivity contribution in [2.45, 2.75) is 0 Å². The summed E-state index contributed by atoms with van der Waals surface area (Å²) < 4.78 is 0. The van der Waals surface area contributed by atoms with Crippen LogP contribution in [0.5, 0.6) is 0 Å². The maximum absolute atomic E-state index is 10.7. The molecule has 0 unspecified atom stereocenters. The second-order valence-electron chi connectivity index (χ2n) is 3.21. The number of hydrogen-bond donors (Lipinski definition) is 1. The van der Waals surface area contributed by atoms with E-state index in [-0.39, 0.29) is 0 Å². The lowest BCUT2D eigenvalue weighted by atomic mass is 10.1. The lowest BCUT2D eigenvalue weighted by Gasteiger charge is -1.97. The lowest BCUT2D eigenvalue weighted by molar-refractivity contribution is 0.0702. The van der Waals surface area contributed by atoms with Crippen LogP contribution in [0, 0.1) is 0 Å². The van der Waals surface area contributed by atoms with Gasteiger partial charge in [-0.25, -0.2) is 4.79 Å². The zero-order valence-corrected chi connectivity index (χ0v) is 9.03. The normalized spacial score (nSPS) is 10.0. The van der Waals surface area contributed by atoms with Crippen molar-refractivity contribution in [1.82, 2.24) is 0 Å². The summed E-state index contributed by atoms with van der Waals surface area (Å²) in [4.78, 5) is 22.5. The van der Waals surface area contributed by atoms with Crippen LogP contribution in [-0.4, -0.2) is 17.4 Å². The van der Waals surface area contributed by atoms with Gasteiger partial charge in [-0.3, -0.25) is 4.79 Å². The molecule has 0 saturated carbocycles. The number of hydrogen-bond acceptors (Lipinski definition) is 3. The van der Waals surface area contributed by atoms with Crippen LogP contribution in [0.3, 0.4) is 0 Å². The van der Waals surface area contributed by atoms with Crippen molar-refractivity contribution in [3.8, 4) is 10.4 Å². The van der Waals surface area contributed by atoms with E-state index in [0.717, 1.165) is 16.7 Å². The molecule has 0 bridgehead atoms. The Kier molecular flexibility index (Phi) is 2.83. The highest BCUT2D eigenvalue weighted by molar-refractivity contribution is 7.17. The Hall–Kier alpha value is -1.94. The Balaban J connectivity index is 2.42. The average Bonchev–Trinajstić information content (AvgIpc) is 2.78. The number of aromatic carboxylic acids is 1. The van der Waals surface area contributed by atoms with E-state index < -0.39 is 5.97 Å². The molecule has 0 atom stereocenters. The van der Waals surface area contributed by atoms with Crippen LogP contribution in [0.15, 0.2) is 36.4 Å². The number of carbonyl (C=O) groups excluding carboxylic acids is 1. The molecule has 1 N–H and O–H groups in total. The highest BCUT2D eigenvalue weighted by Gasteiger charge is 2.08. The third-order valence-corrected chi connectivity index (χ3v) is 3.25. The minimum absolute atomic E-state index is 0.298. The van der Waals surface area contributed by atoms with E-state index in [0.29, 0.717) is 10.4 Å². The van der Waals surface area contributed by atoms with Crippen LogP contribution in [0.4, 0.5) is 0 Å². The third-order valence-electron chi connectivity index (χ3n) is 2.12. The Morgan fingerprint density at radius 2 is 2.06 bits per heavy atom. The van der Waals surface area contributed by atoms with Crippen molar-refractivity contribution < 1.29 is 14.7 Å². The summed E-state index contributed by atoms with van der Waals surface area (Å²) in [7, 11) is 0. The van der Waals surface area contributed by atoms with E-state index in [1.807, 2.05) is 6.07 Å². The molecule has 80 valence electrons. The van der Waals surface area contributed by atoms with Gasteiger partial charge in [-0.15, -0.1) is 11.3 Å². The maximum atomic E-state index is 10.7. The molecule has 0 radical (unpaired) electrons. The fraction of sp³-hybridized carbons (Fsp3) is 0. The van der Waals surface area contributed by atoms with Crippen LogP contribution >= 0.6 is 11.3 Å². The first-order chi connectivity index (χ1) is 7.70. The Bertz CT molecular complexity index is 543. The summed E-state index contributed by atoms with van der Waals surface area (Å²) >= 11 is 1.20. The van der Waals surface area contributed by atoms with Crippen molar-refractivity contribution >= 4 is 23.6 Å². The van der Waals surface area contributed by atoms with Crippen LogP contribution in [0.2, 0.25) is 0 Å². The van der Waals surface area contributed by atoms with E-state index in [2.05, 4.69) is 0 Å². The van der Waals surface area contributed by atoms with Gasteiger partial charge in [0.2, 0.25) is 0 Å². The molecular formula is C12H8O3S. The van der Waals surface area contributed by atoms with Crippen molar-refractivity contribution in [2.75, 3.05) is 0 Å². The SMILES string of the molecule is O=Cc1cccc(-c2ccc(C(=O)O)s2)c1. The monoisotopic (exact) mass is 232 g/mol. The topological polar surface area (TPSA) is 54.4 Å². The molecule has 1 aromatic carbocycles. The smallest absolute Gasteiger partial charge is 0.345 e. The summed E-state index contributed by atoms with van der Waals surface area (Å²) in [5, 5.41) is 8.80. The van der Waals surface area contributed by atoms with Gasteiger partial charge in [0.05, 0.1) is 0 Å². The van der Waals surface area contributed by atoms with Crippen molar-refractivity contribution in [2.24, 2.45) is 0 Å². The molecule has 1 heterocycles. The Labute approximate surface area is 96.0 Å². The number of thiophene rings is 1. The molecule has 1 aromatic heterocycles. The predicted molar refractivity (Wildman–Crippen MR) is 62.1 cm³/mol. The fourth-order valence-electron chi connectivity index (χ4n) is 1.37. The quantitative estimate of drug-likeness (QED) is 0.828.